The lowest BCUT2D eigenvalue weighted by molar-refractivity contribution is 0.102. The van der Waals surface area contributed by atoms with E-state index in [2.05, 4.69) is 20.2 Å². The van der Waals surface area contributed by atoms with Crippen LogP contribution in [0.25, 0.3) is 11.4 Å². The summed E-state index contributed by atoms with van der Waals surface area (Å²) < 4.78 is 33.9. The van der Waals surface area contributed by atoms with Gasteiger partial charge in [-0.25, -0.2) is 18.7 Å². The number of benzene rings is 2. The molecule has 35 heavy (non-hydrogen) atoms. The molecule has 8 nitrogen and oxygen atoms in total. The Morgan fingerprint density at radius 2 is 2.06 bits per heavy atom. The summed E-state index contributed by atoms with van der Waals surface area (Å²) in [7, 11) is 5.33. The molecule has 1 saturated heterocycles. The first kappa shape index (κ1) is 24.5. The van der Waals surface area contributed by atoms with Gasteiger partial charge in [0.1, 0.15) is 23.1 Å². The first-order valence-electron chi connectivity index (χ1n) is 11.1. The van der Waals surface area contributed by atoms with Crippen LogP contribution in [0.15, 0.2) is 48.7 Å². The second-order valence-electron chi connectivity index (χ2n) is 8.54. The van der Waals surface area contributed by atoms with Crippen LogP contribution in [0.3, 0.4) is 0 Å². The number of nitrogens with zero attached hydrogens (tertiary/aromatic N) is 4. The van der Waals surface area contributed by atoms with E-state index in [4.69, 9.17) is 4.74 Å². The molecule has 2 N–H and O–H groups in total. The summed E-state index contributed by atoms with van der Waals surface area (Å²) in [5, 5.41) is 12.7. The molecule has 2 aromatic carbocycles. The topological polar surface area (TPSA) is 90.8 Å². The third kappa shape index (κ3) is 5.08. The summed E-state index contributed by atoms with van der Waals surface area (Å²) >= 11 is 0. The molecular weight excluding hydrogens is 456 g/mol. The molecule has 184 valence electrons. The predicted octanol–water partition coefficient (Wildman–Crippen LogP) is 3.18. The lowest BCUT2D eigenvalue weighted by atomic mass is 10.1. The minimum atomic E-state index is -0.611. The number of carbonyl (C=O) groups is 1. The summed E-state index contributed by atoms with van der Waals surface area (Å²) in [6, 6.07) is 9.86. The molecule has 0 saturated carbocycles. The lowest BCUT2D eigenvalue weighted by Crippen LogP contribution is -2.34. The van der Waals surface area contributed by atoms with Crippen molar-refractivity contribution in [1.29, 1.82) is 0 Å². The van der Waals surface area contributed by atoms with E-state index in [1.165, 1.54) is 43.6 Å². The molecule has 2 heterocycles. The minimum Gasteiger partial charge on any atom is -0.496 e. The van der Waals surface area contributed by atoms with Crippen LogP contribution in [-0.4, -0.2) is 72.3 Å². The number of hydrogen-bond acceptors (Lipinski definition) is 7. The van der Waals surface area contributed by atoms with Crippen LogP contribution in [-0.2, 0) is 0 Å². The van der Waals surface area contributed by atoms with E-state index in [1.54, 1.807) is 12.1 Å². The molecule has 3 aromatic rings. The molecule has 4 rings (SSSR count). The largest absolute Gasteiger partial charge is 0.496 e. The van der Waals surface area contributed by atoms with Crippen molar-refractivity contribution in [1.82, 2.24) is 14.9 Å². The molecule has 1 aliphatic rings. The van der Waals surface area contributed by atoms with Crippen LogP contribution in [0.5, 0.6) is 5.75 Å². The zero-order valence-corrected chi connectivity index (χ0v) is 19.7. The highest BCUT2D eigenvalue weighted by molar-refractivity contribution is 6.05. The van der Waals surface area contributed by atoms with E-state index in [0.717, 1.165) is 6.42 Å². The number of aromatic nitrogens is 2. The molecular formula is C25H27F2N5O3. The first-order valence-corrected chi connectivity index (χ1v) is 11.1. The Balaban J connectivity index is 1.65. The average molecular weight is 484 g/mol. The van der Waals surface area contributed by atoms with Gasteiger partial charge in [-0.05, 0) is 56.9 Å². The average Bonchev–Trinajstić information content (AvgIpc) is 3.28. The van der Waals surface area contributed by atoms with Crippen molar-refractivity contribution in [2.24, 2.45) is 0 Å². The van der Waals surface area contributed by atoms with E-state index < -0.39 is 17.5 Å². The zero-order valence-electron chi connectivity index (χ0n) is 19.7. The highest BCUT2D eigenvalue weighted by Crippen LogP contribution is 2.34. The van der Waals surface area contributed by atoms with Gasteiger partial charge in [0.15, 0.2) is 5.82 Å². The Morgan fingerprint density at radius 1 is 1.26 bits per heavy atom. The van der Waals surface area contributed by atoms with Gasteiger partial charge in [0.05, 0.1) is 36.7 Å². The summed E-state index contributed by atoms with van der Waals surface area (Å²) in [6.45, 7) is 0.534. The number of ether oxygens (including phenoxy) is 1. The highest BCUT2D eigenvalue weighted by Gasteiger charge is 2.34. The number of amides is 1. The lowest BCUT2D eigenvalue weighted by Gasteiger charge is -2.28. The van der Waals surface area contributed by atoms with Gasteiger partial charge >= 0.3 is 0 Å². The minimum absolute atomic E-state index is 0.0132. The molecule has 0 bridgehead atoms. The number of nitrogens with one attached hydrogen (secondary N) is 1. The number of likely N-dealkylation sites (N-methyl/N-ethyl adjacent to an activating group) is 1. The van der Waals surface area contributed by atoms with Crippen molar-refractivity contribution in [3.8, 4) is 17.1 Å². The van der Waals surface area contributed by atoms with Crippen LogP contribution in [0, 0.1) is 11.6 Å². The molecule has 2 atom stereocenters. The Labute approximate surface area is 202 Å². The fourth-order valence-electron chi connectivity index (χ4n) is 4.28. The van der Waals surface area contributed by atoms with Crippen molar-refractivity contribution >= 4 is 17.3 Å². The van der Waals surface area contributed by atoms with E-state index in [1.807, 2.05) is 19.0 Å². The van der Waals surface area contributed by atoms with E-state index in [9.17, 15) is 18.7 Å². The quantitative estimate of drug-likeness (QED) is 0.533. The second-order valence-corrected chi connectivity index (χ2v) is 8.54. The summed E-state index contributed by atoms with van der Waals surface area (Å²) in [4.78, 5) is 25.5. The summed E-state index contributed by atoms with van der Waals surface area (Å²) in [5.41, 5.74) is 0.847. The number of rotatable bonds is 7. The van der Waals surface area contributed by atoms with Gasteiger partial charge in [-0.2, -0.15) is 0 Å². The Bertz CT molecular complexity index is 1220. The maximum atomic E-state index is 14.5. The fourth-order valence-corrected chi connectivity index (χ4v) is 4.28. The molecule has 0 unspecified atom stereocenters. The number of aliphatic hydroxyl groups is 1. The third-order valence-electron chi connectivity index (χ3n) is 6.16. The van der Waals surface area contributed by atoms with Crippen LogP contribution < -0.4 is 15.0 Å². The smallest absolute Gasteiger partial charge is 0.274 e. The van der Waals surface area contributed by atoms with Gasteiger partial charge in [0, 0.05) is 18.8 Å². The Hall–Kier alpha value is -3.63. The van der Waals surface area contributed by atoms with E-state index >= 15 is 0 Å². The van der Waals surface area contributed by atoms with Gasteiger partial charge in [-0.3, -0.25) is 4.79 Å². The summed E-state index contributed by atoms with van der Waals surface area (Å²) in [5.74, 6) is -1.50. The van der Waals surface area contributed by atoms with Crippen molar-refractivity contribution in [2.45, 2.75) is 18.5 Å². The number of anilines is 2. The van der Waals surface area contributed by atoms with Crippen molar-refractivity contribution in [3.05, 3.63) is 66.0 Å². The first-order chi connectivity index (χ1) is 16.8. The molecule has 1 fully saturated rings. The van der Waals surface area contributed by atoms with Crippen molar-refractivity contribution in [2.75, 3.05) is 44.6 Å². The van der Waals surface area contributed by atoms with Gasteiger partial charge in [-0.15, -0.1) is 0 Å². The number of hydrogen-bond donors (Lipinski definition) is 2. The molecule has 0 spiro atoms. The van der Waals surface area contributed by atoms with E-state index in [-0.39, 0.29) is 47.2 Å². The predicted molar refractivity (Wildman–Crippen MR) is 129 cm³/mol. The molecule has 1 aliphatic heterocycles. The zero-order chi connectivity index (χ0) is 25.1. The van der Waals surface area contributed by atoms with Crippen LogP contribution >= 0.6 is 0 Å². The number of halogens is 2. The second kappa shape index (κ2) is 10.3. The van der Waals surface area contributed by atoms with Gasteiger partial charge < -0.3 is 25.0 Å². The summed E-state index contributed by atoms with van der Waals surface area (Å²) in [6.07, 6.45) is 2.08. The number of aliphatic hydroxyl groups excluding tert-OH is 1. The molecule has 0 radical (unpaired) electrons. The normalized spacial score (nSPS) is 17.6. The fraction of sp³-hybridized carbons (Fsp3) is 0.320. The van der Waals surface area contributed by atoms with Crippen LogP contribution in [0.4, 0.5) is 20.2 Å². The third-order valence-corrected chi connectivity index (χ3v) is 6.16. The van der Waals surface area contributed by atoms with Gasteiger partial charge in [-0.1, -0.05) is 6.07 Å². The maximum absolute atomic E-state index is 14.5. The van der Waals surface area contributed by atoms with Crippen LogP contribution in [0.2, 0.25) is 0 Å². The molecule has 1 amide bonds. The monoisotopic (exact) mass is 483 g/mol. The van der Waals surface area contributed by atoms with Gasteiger partial charge in [0.2, 0.25) is 0 Å². The van der Waals surface area contributed by atoms with Crippen LogP contribution in [0.1, 0.15) is 16.9 Å². The molecule has 1 aromatic heterocycles. The maximum Gasteiger partial charge on any atom is 0.274 e. The number of methoxy groups -OCH3 is 1. The van der Waals surface area contributed by atoms with E-state index in [0.29, 0.717) is 12.2 Å². The van der Waals surface area contributed by atoms with Crippen molar-refractivity contribution < 1.29 is 23.4 Å². The highest BCUT2D eigenvalue weighted by atomic mass is 19.1. The standard InChI is InChI=1S/C25H27F2N5O3/c1-31(2)16-12-17(14-33)32(13-16)21-8-7-15(26)11-20(21)30-25(34)19-9-10-28-24(29-19)23-18(27)5-4-6-22(23)35-3/h4-11,16-17,33H,12-14H2,1-3H3,(H,30,34)/t16-,17-/m0/s1. The molecule has 10 heteroatoms. The Kier molecular flexibility index (Phi) is 7.23. The van der Waals surface area contributed by atoms with Crippen molar-refractivity contribution in [3.63, 3.8) is 0 Å². The molecule has 0 aliphatic carbocycles. The SMILES string of the molecule is COc1cccc(F)c1-c1nccc(C(=O)Nc2cc(F)ccc2N2C[C@@H](N(C)C)C[C@H]2CO)n1. The van der Waals surface area contributed by atoms with Gasteiger partial charge in [0.25, 0.3) is 5.91 Å². The Morgan fingerprint density at radius 3 is 2.77 bits per heavy atom. The number of carbonyl (C=O) groups excluding carboxylic acids is 1.